The number of benzene rings is 3. The fraction of sp³-hybridized carbons (Fsp3) is 0.182. The molecule has 2 amide bonds. The van der Waals surface area contributed by atoms with Gasteiger partial charge in [0.2, 0.25) is 0 Å². The Hall–Kier alpha value is -3.54. The second-order valence-electron chi connectivity index (χ2n) is 6.18. The number of hydrogen-bond donors (Lipinski definition) is 2. The van der Waals surface area contributed by atoms with Crippen molar-refractivity contribution in [3.05, 3.63) is 72.3 Å². The lowest BCUT2D eigenvalue weighted by molar-refractivity contribution is -0.131. The fourth-order valence-electron chi connectivity index (χ4n) is 2.59. The molecular formula is C22H22N2O4. The average molecular weight is 378 g/mol. The molecule has 0 unspecified atom stereocenters. The highest BCUT2D eigenvalue weighted by atomic mass is 16.5. The second-order valence-corrected chi connectivity index (χ2v) is 6.18. The Morgan fingerprint density at radius 3 is 1.96 bits per heavy atom. The van der Waals surface area contributed by atoms with Gasteiger partial charge in [-0.3, -0.25) is 20.4 Å². The molecule has 0 bridgehead atoms. The number of aryl methyl sites for hydroxylation is 1. The number of amides is 2. The van der Waals surface area contributed by atoms with Crippen molar-refractivity contribution in [2.45, 2.75) is 13.3 Å². The van der Waals surface area contributed by atoms with Gasteiger partial charge in [-0.2, -0.15) is 0 Å². The maximum absolute atomic E-state index is 11.8. The van der Waals surface area contributed by atoms with Gasteiger partial charge in [-0.1, -0.05) is 49.4 Å². The smallest absolute Gasteiger partial charge is 0.276 e. The number of nitrogens with one attached hydrogen (secondary N) is 2. The van der Waals surface area contributed by atoms with E-state index in [4.69, 9.17) is 9.47 Å². The summed E-state index contributed by atoms with van der Waals surface area (Å²) < 4.78 is 10.8. The number of carbonyl (C=O) groups excluding carboxylic acids is 2. The molecule has 0 fully saturated rings. The van der Waals surface area contributed by atoms with E-state index >= 15 is 0 Å². The van der Waals surface area contributed by atoms with Crippen LogP contribution in [0.2, 0.25) is 0 Å². The monoisotopic (exact) mass is 378 g/mol. The van der Waals surface area contributed by atoms with E-state index in [1.54, 1.807) is 6.07 Å². The Bertz CT molecular complexity index is 954. The number of rotatable bonds is 7. The Kier molecular flexibility index (Phi) is 6.46. The summed E-state index contributed by atoms with van der Waals surface area (Å²) in [4.78, 5) is 23.6. The highest BCUT2D eigenvalue weighted by molar-refractivity contribution is 5.85. The molecule has 6 nitrogen and oxygen atoms in total. The Morgan fingerprint density at radius 1 is 0.750 bits per heavy atom. The van der Waals surface area contributed by atoms with Crippen LogP contribution < -0.4 is 20.3 Å². The van der Waals surface area contributed by atoms with Gasteiger partial charge in [0.05, 0.1) is 0 Å². The van der Waals surface area contributed by atoms with Crippen molar-refractivity contribution < 1.29 is 19.1 Å². The summed E-state index contributed by atoms with van der Waals surface area (Å²) in [5, 5.41) is 2.12. The summed E-state index contributed by atoms with van der Waals surface area (Å²) in [6.07, 6.45) is 0.939. The molecule has 0 radical (unpaired) electrons. The largest absolute Gasteiger partial charge is 0.484 e. The van der Waals surface area contributed by atoms with Gasteiger partial charge in [0, 0.05) is 0 Å². The molecule has 3 aromatic carbocycles. The summed E-state index contributed by atoms with van der Waals surface area (Å²) in [6.45, 7) is 1.66. The van der Waals surface area contributed by atoms with E-state index in [1.807, 2.05) is 60.7 Å². The molecule has 28 heavy (non-hydrogen) atoms. The Labute approximate surface area is 163 Å². The zero-order chi connectivity index (χ0) is 19.8. The molecule has 2 N–H and O–H groups in total. The summed E-state index contributed by atoms with van der Waals surface area (Å²) in [6, 6.07) is 21.0. The van der Waals surface area contributed by atoms with Gasteiger partial charge in [-0.15, -0.1) is 0 Å². The summed E-state index contributed by atoms with van der Waals surface area (Å²) in [5.74, 6) is 0.254. The van der Waals surface area contributed by atoms with Crippen LogP contribution in [0.3, 0.4) is 0 Å². The number of hydrogen-bond acceptors (Lipinski definition) is 4. The molecule has 0 aliphatic carbocycles. The minimum Gasteiger partial charge on any atom is -0.484 e. The van der Waals surface area contributed by atoms with Crippen molar-refractivity contribution in [3.63, 3.8) is 0 Å². The standard InChI is InChI=1S/C22H22N2O4/c1-2-16-7-10-19(11-8-16)27-14-21(25)23-24-22(26)15-28-20-12-9-17-5-3-4-6-18(17)13-20/h3-13H,2,14-15H2,1H3,(H,23,25)(H,24,26). The zero-order valence-corrected chi connectivity index (χ0v) is 15.6. The number of ether oxygens (including phenoxy) is 2. The lowest BCUT2D eigenvalue weighted by Gasteiger charge is -2.10. The van der Waals surface area contributed by atoms with E-state index in [0.29, 0.717) is 11.5 Å². The minimum atomic E-state index is -0.464. The third kappa shape index (κ3) is 5.48. The van der Waals surface area contributed by atoms with Crippen molar-refractivity contribution in [2.75, 3.05) is 13.2 Å². The highest BCUT2D eigenvalue weighted by Gasteiger charge is 2.07. The molecule has 0 saturated heterocycles. The molecular weight excluding hydrogens is 356 g/mol. The Balaban J connectivity index is 1.38. The van der Waals surface area contributed by atoms with Crippen LogP contribution in [0.25, 0.3) is 10.8 Å². The first-order valence-electron chi connectivity index (χ1n) is 9.05. The first-order valence-corrected chi connectivity index (χ1v) is 9.05. The van der Waals surface area contributed by atoms with E-state index in [0.717, 1.165) is 17.2 Å². The van der Waals surface area contributed by atoms with Crippen LogP contribution in [0.1, 0.15) is 12.5 Å². The van der Waals surface area contributed by atoms with Crippen LogP contribution in [-0.2, 0) is 16.0 Å². The quantitative estimate of drug-likeness (QED) is 0.620. The van der Waals surface area contributed by atoms with Gasteiger partial charge in [0.1, 0.15) is 11.5 Å². The number of carbonyl (C=O) groups is 2. The van der Waals surface area contributed by atoms with Gasteiger partial charge in [0.25, 0.3) is 11.8 Å². The normalized spacial score (nSPS) is 10.3. The van der Waals surface area contributed by atoms with E-state index in [9.17, 15) is 9.59 Å². The summed E-state index contributed by atoms with van der Waals surface area (Å²) >= 11 is 0. The van der Waals surface area contributed by atoms with Crippen molar-refractivity contribution in [3.8, 4) is 11.5 Å². The molecule has 0 spiro atoms. The first-order chi connectivity index (χ1) is 13.6. The average Bonchev–Trinajstić information content (AvgIpc) is 2.75. The highest BCUT2D eigenvalue weighted by Crippen LogP contribution is 2.20. The van der Waals surface area contributed by atoms with E-state index in [-0.39, 0.29) is 13.2 Å². The lowest BCUT2D eigenvalue weighted by atomic mass is 10.1. The van der Waals surface area contributed by atoms with Gasteiger partial charge in [-0.05, 0) is 47.0 Å². The van der Waals surface area contributed by atoms with Gasteiger partial charge < -0.3 is 9.47 Å². The molecule has 0 aliphatic rings. The predicted octanol–water partition coefficient (Wildman–Crippen LogP) is 3.01. The van der Waals surface area contributed by atoms with Gasteiger partial charge >= 0.3 is 0 Å². The topological polar surface area (TPSA) is 76.7 Å². The summed E-state index contributed by atoms with van der Waals surface area (Å²) in [5.41, 5.74) is 5.79. The van der Waals surface area contributed by atoms with Crippen molar-refractivity contribution in [2.24, 2.45) is 0 Å². The summed E-state index contributed by atoms with van der Waals surface area (Å²) in [7, 11) is 0. The zero-order valence-electron chi connectivity index (χ0n) is 15.6. The number of fused-ring (bicyclic) bond motifs is 1. The van der Waals surface area contributed by atoms with Crippen molar-refractivity contribution in [1.29, 1.82) is 0 Å². The molecule has 3 aromatic rings. The lowest BCUT2D eigenvalue weighted by Crippen LogP contribution is -2.45. The van der Waals surface area contributed by atoms with Crippen LogP contribution in [0.4, 0.5) is 0 Å². The van der Waals surface area contributed by atoms with Crippen LogP contribution in [-0.4, -0.2) is 25.0 Å². The van der Waals surface area contributed by atoms with Crippen LogP contribution in [0, 0.1) is 0 Å². The van der Waals surface area contributed by atoms with Crippen molar-refractivity contribution >= 4 is 22.6 Å². The third-order valence-electron chi connectivity index (χ3n) is 4.13. The molecule has 0 atom stereocenters. The third-order valence-corrected chi connectivity index (χ3v) is 4.13. The van der Waals surface area contributed by atoms with E-state index in [1.165, 1.54) is 5.56 Å². The molecule has 3 rings (SSSR count). The van der Waals surface area contributed by atoms with Gasteiger partial charge in [0.15, 0.2) is 13.2 Å². The van der Waals surface area contributed by atoms with Crippen LogP contribution in [0.15, 0.2) is 66.7 Å². The van der Waals surface area contributed by atoms with E-state index < -0.39 is 11.8 Å². The van der Waals surface area contributed by atoms with Gasteiger partial charge in [-0.25, -0.2) is 0 Å². The van der Waals surface area contributed by atoms with E-state index in [2.05, 4.69) is 17.8 Å². The number of hydrazine groups is 1. The van der Waals surface area contributed by atoms with Crippen LogP contribution >= 0.6 is 0 Å². The molecule has 0 aromatic heterocycles. The van der Waals surface area contributed by atoms with Crippen LogP contribution in [0.5, 0.6) is 11.5 Å². The minimum absolute atomic E-state index is 0.197. The molecule has 0 saturated carbocycles. The molecule has 6 heteroatoms. The molecule has 0 heterocycles. The maximum Gasteiger partial charge on any atom is 0.276 e. The second kappa shape index (κ2) is 9.41. The maximum atomic E-state index is 11.8. The SMILES string of the molecule is CCc1ccc(OCC(=O)NNC(=O)COc2ccc3ccccc3c2)cc1. The first kappa shape index (κ1) is 19.2. The fourth-order valence-corrected chi connectivity index (χ4v) is 2.59. The predicted molar refractivity (Wildman–Crippen MR) is 107 cm³/mol. The molecule has 144 valence electrons. The Morgan fingerprint density at radius 2 is 1.32 bits per heavy atom. The molecule has 0 aliphatic heterocycles. The van der Waals surface area contributed by atoms with Crippen molar-refractivity contribution in [1.82, 2.24) is 10.9 Å².